The Labute approximate surface area is 188 Å². The number of rotatable bonds is 8. The first-order chi connectivity index (χ1) is 15.3. The second kappa shape index (κ2) is 9.56. The molecule has 0 amide bonds. The molecule has 9 nitrogen and oxygen atoms in total. The van der Waals surface area contributed by atoms with E-state index >= 15 is 0 Å². The maximum Gasteiger partial charge on any atom is 0.240 e. The van der Waals surface area contributed by atoms with Crippen molar-refractivity contribution in [2.45, 2.75) is 87.2 Å². The highest BCUT2D eigenvalue weighted by Gasteiger charge is 2.36. The van der Waals surface area contributed by atoms with Crippen LogP contribution >= 0.6 is 0 Å². The number of benzene rings is 1. The summed E-state index contributed by atoms with van der Waals surface area (Å²) in [5, 5.41) is 28.8. The average Bonchev–Trinajstić information content (AvgIpc) is 3.43. The zero-order chi connectivity index (χ0) is 22.8. The van der Waals surface area contributed by atoms with Crippen LogP contribution in [0.1, 0.15) is 56.2 Å². The molecule has 3 N–H and O–H groups in total. The van der Waals surface area contributed by atoms with Crippen molar-refractivity contribution in [1.82, 2.24) is 19.7 Å². The predicted molar refractivity (Wildman–Crippen MR) is 117 cm³/mol. The van der Waals surface area contributed by atoms with Gasteiger partial charge in [0.25, 0.3) is 0 Å². The number of aliphatic hydroxyl groups is 2. The van der Waals surface area contributed by atoms with Gasteiger partial charge in [0.15, 0.2) is 0 Å². The first kappa shape index (κ1) is 23.3. The number of ether oxygens (including phenoxy) is 1. The number of hydrogen-bond acceptors (Lipinski definition) is 7. The number of aromatic nitrogens is 3. The van der Waals surface area contributed by atoms with Crippen molar-refractivity contribution < 1.29 is 23.4 Å². The summed E-state index contributed by atoms with van der Waals surface area (Å²) in [6.45, 7) is 2.21. The molecule has 3 atom stereocenters. The van der Waals surface area contributed by atoms with Crippen LogP contribution in [0.5, 0.6) is 0 Å². The van der Waals surface area contributed by atoms with Gasteiger partial charge in [-0.05, 0) is 51.2 Å². The molecule has 10 heteroatoms. The van der Waals surface area contributed by atoms with E-state index in [-0.39, 0.29) is 17.6 Å². The molecule has 176 valence electrons. The van der Waals surface area contributed by atoms with E-state index in [0.29, 0.717) is 31.5 Å². The van der Waals surface area contributed by atoms with E-state index in [2.05, 4.69) is 15.0 Å². The van der Waals surface area contributed by atoms with Gasteiger partial charge in [0.2, 0.25) is 10.0 Å². The minimum Gasteiger partial charge on any atom is -0.394 e. The molecule has 1 aliphatic carbocycles. The van der Waals surface area contributed by atoms with Crippen LogP contribution in [0.15, 0.2) is 35.4 Å². The lowest BCUT2D eigenvalue weighted by Gasteiger charge is -2.36. The summed E-state index contributed by atoms with van der Waals surface area (Å²) in [5.74, 6) is 0. The Kier molecular flexibility index (Phi) is 6.97. The topological polar surface area (TPSA) is 127 Å². The Balaban J connectivity index is 1.32. The second-order valence-corrected chi connectivity index (χ2v) is 10.7. The Morgan fingerprint density at radius 3 is 2.62 bits per heavy atom. The van der Waals surface area contributed by atoms with Gasteiger partial charge in [-0.2, -0.15) is 0 Å². The quantitative estimate of drug-likeness (QED) is 0.542. The van der Waals surface area contributed by atoms with Crippen molar-refractivity contribution in [3.63, 3.8) is 0 Å². The van der Waals surface area contributed by atoms with Crippen molar-refractivity contribution >= 4 is 10.0 Å². The molecule has 2 heterocycles. The number of nitrogens with zero attached hydrogens (tertiary/aromatic N) is 3. The van der Waals surface area contributed by atoms with Crippen LogP contribution in [0.3, 0.4) is 0 Å². The maximum atomic E-state index is 12.7. The number of aliphatic hydroxyl groups excluding tert-OH is 1. The Morgan fingerprint density at radius 1 is 1.22 bits per heavy atom. The molecule has 1 aliphatic heterocycles. The van der Waals surface area contributed by atoms with E-state index in [1.165, 1.54) is 0 Å². The van der Waals surface area contributed by atoms with Crippen LogP contribution in [-0.4, -0.2) is 58.5 Å². The summed E-state index contributed by atoms with van der Waals surface area (Å²) >= 11 is 0. The molecule has 1 saturated heterocycles. The van der Waals surface area contributed by atoms with Gasteiger partial charge in [-0.1, -0.05) is 35.8 Å². The van der Waals surface area contributed by atoms with Gasteiger partial charge in [0, 0.05) is 6.54 Å². The van der Waals surface area contributed by atoms with E-state index in [0.717, 1.165) is 31.2 Å². The fourth-order valence-corrected chi connectivity index (χ4v) is 5.88. The largest absolute Gasteiger partial charge is 0.394 e. The van der Waals surface area contributed by atoms with Gasteiger partial charge >= 0.3 is 0 Å². The smallest absolute Gasteiger partial charge is 0.240 e. The summed E-state index contributed by atoms with van der Waals surface area (Å²) in [6, 6.07) is 6.18. The molecular formula is C22H32N4O5S. The maximum absolute atomic E-state index is 12.7. The third kappa shape index (κ3) is 5.20. The number of nitrogens with one attached hydrogen (secondary N) is 1. The summed E-state index contributed by atoms with van der Waals surface area (Å²) in [7, 11) is -3.69. The molecule has 0 unspecified atom stereocenters. The average molecular weight is 465 g/mol. The molecule has 2 aliphatic rings. The molecule has 1 saturated carbocycles. The Hall–Kier alpha value is -1.85. The molecule has 32 heavy (non-hydrogen) atoms. The van der Waals surface area contributed by atoms with E-state index < -0.39 is 27.8 Å². The molecule has 2 fully saturated rings. The lowest BCUT2D eigenvalue weighted by atomic mass is 9.98. The first-order valence-corrected chi connectivity index (χ1v) is 12.8. The molecular weight excluding hydrogens is 432 g/mol. The van der Waals surface area contributed by atoms with Crippen molar-refractivity contribution in [2.24, 2.45) is 0 Å². The van der Waals surface area contributed by atoms with Crippen LogP contribution < -0.4 is 4.72 Å². The fraction of sp³-hybridized carbons (Fsp3) is 0.636. The molecule has 0 radical (unpaired) electrons. The van der Waals surface area contributed by atoms with Crippen LogP contribution in [0.2, 0.25) is 0 Å². The fourth-order valence-electron chi connectivity index (χ4n) is 4.58. The van der Waals surface area contributed by atoms with Crippen molar-refractivity contribution in [3.05, 3.63) is 41.7 Å². The number of hydrogen-bond donors (Lipinski definition) is 3. The minimum atomic E-state index is -3.69. The molecule has 4 rings (SSSR count). The zero-order valence-electron chi connectivity index (χ0n) is 18.4. The molecule has 2 aromatic rings. The first-order valence-electron chi connectivity index (χ1n) is 11.3. The van der Waals surface area contributed by atoms with Gasteiger partial charge < -0.3 is 14.9 Å². The zero-order valence-corrected chi connectivity index (χ0v) is 19.2. The summed E-state index contributed by atoms with van der Waals surface area (Å²) < 4.78 is 35.9. The monoisotopic (exact) mass is 464 g/mol. The van der Waals surface area contributed by atoms with Gasteiger partial charge in [-0.3, -0.25) is 4.68 Å². The highest BCUT2D eigenvalue weighted by Crippen LogP contribution is 2.37. The Morgan fingerprint density at radius 2 is 1.94 bits per heavy atom. The Bertz CT molecular complexity index is 1000. The van der Waals surface area contributed by atoms with Crippen molar-refractivity contribution in [3.8, 4) is 0 Å². The van der Waals surface area contributed by atoms with Crippen molar-refractivity contribution in [2.75, 3.05) is 6.61 Å². The second-order valence-electron chi connectivity index (χ2n) is 8.99. The van der Waals surface area contributed by atoms with E-state index in [4.69, 9.17) is 4.74 Å². The van der Waals surface area contributed by atoms with Crippen LogP contribution in [-0.2, 0) is 26.9 Å². The SMILES string of the molecule is Cc1ccc(S(=O)(=O)N[C@@H]2CC[C@H](CCn3cc(C4(O)CCCC4)nn3)O[C@@H]2CO)cc1. The molecule has 1 aromatic carbocycles. The van der Waals surface area contributed by atoms with Crippen LogP contribution in [0.4, 0.5) is 0 Å². The normalized spacial score (nSPS) is 25.8. The molecule has 0 spiro atoms. The van der Waals surface area contributed by atoms with Crippen LogP contribution in [0, 0.1) is 6.92 Å². The van der Waals surface area contributed by atoms with Gasteiger partial charge in [0.1, 0.15) is 11.3 Å². The summed E-state index contributed by atoms with van der Waals surface area (Å²) in [6.07, 6.45) is 6.41. The molecule has 0 bridgehead atoms. The standard InChI is InChI=1S/C22H32N4O5S/c1-16-4-7-18(8-5-16)32(29,30)24-19-9-6-17(31-20(19)15-27)10-13-26-14-21(23-25-26)22(28)11-2-3-12-22/h4-5,7-8,14,17,19-20,24,27-28H,2-3,6,9-13,15H2,1H3/t17-,19-,20-/m1/s1. The highest BCUT2D eigenvalue weighted by atomic mass is 32.2. The van der Waals surface area contributed by atoms with Crippen LogP contribution in [0.25, 0.3) is 0 Å². The lowest BCUT2D eigenvalue weighted by molar-refractivity contribution is -0.0891. The summed E-state index contributed by atoms with van der Waals surface area (Å²) in [4.78, 5) is 0.202. The van der Waals surface area contributed by atoms with E-state index in [1.54, 1.807) is 35.1 Å². The van der Waals surface area contributed by atoms with Gasteiger partial charge in [0.05, 0.1) is 35.9 Å². The van der Waals surface area contributed by atoms with Gasteiger partial charge in [-0.15, -0.1) is 5.10 Å². The number of sulfonamides is 1. The van der Waals surface area contributed by atoms with Crippen molar-refractivity contribution in [1.29, 1.82) is 0 Å². The highest BCUT2D eigenvalue weighted by molar-refractivity contribution is 7.89. The summed E-state index contributed by atoms with van der Waals surface area (Å²) in [5.41, 5.74) is 0.750. The molecule has 1 aromatic heterocycles. The van der Waals surface area contributed by atoms with Gasteiger partial charge in [-0.25, -0.2) is 13.1 Å². The predicted octanol–water partition coefficient (Wildman–Crippen LogP) is 1.63. The van der Waals surface area contributed by atoms with E-state index in [1.807, 2.05) is 6.92 Å². The lowest BCUT2D eigenvalue weighted by Crippen LogP contribution is -2.50. The number of aryl methyl sites for hydroxylation is 2. The van der Waals surface area contributed by atoms with E-state index in [9.17, 15) is 18.6 Å². The third-order valence-electron chi connectivity index (χ3n) is 6.56. The third-order valence-corrected chi connectivity index (χ3v) is 8.07. The minimum absolute atomic E-state index is 0.116.